The molecule has 0 saturated heterocycles. The van der Waals surface area contributed by atoms with Crippen molar-refractivity contribution in [1.82, 2.24) is 10.6 Å². The predicted molar refractivity (Wildman–Crippen MR) is 157 cm³/mol. The zero-order valence-electron chi connectivity index (χ0n) is 23.6. The van der Waals surface area contributed by atoms with E-state index >= 15 is 0 Å². The molecule has 1 aliphatic rings. The number of rotatable bonds is 14. The smallest absolute Gasteiger partial charge is 0.336 e. The number of unbranched alkanes of at least 4 members (excludes halogenated alkanes) is 1. The molecule has 0 amide bonds. The topological polar surface area (TPSA) is 115 Å². The van der Waals surface area contributed by atoms with Crippen molar-refractivity contribution in [3.05, 3.63) is 69.4 Å². The van der Waals surface area contributed by atoms with Gasteiger partial charge in [-0.2, -0.15) is 0 Å². The molecule has 220 valence electrons. The zero-order chi connectivity index (χ0) is 28.4. The van der Waals surface area contributed by atoms with Gasteiger partial charge in [-0.05, 0) is 58.4 Å². The van der Waals surface area contributed by atoms with Crippen LogP contribution in [-0.2, 0) is 19.1 Å². The fourth-order valence-electron chi connectivity index (χ4n) is 4.45. The van der Waals surface area contributed by atoms with Gasteiger partial charge in [0, 0.05) is 28.4 Å². The molecule has 1 aromatic carbocycles. The minimum atomic E-state index is -0.674. The lowest BCUT2D eigenvalue weighted by atomic mass is 9.81. The average Bonchev–Trinajstić information content (AvgIpc) is 3.30. The van der Waals surface area contributed by atoms with E-state index < -0.39 is 24.0 Å². The van der Waals surface area contributed by atoms with E-state index in [1.807, 2.05) is 43.3 Å². The largest absolute Gasteiger partial charge is 0.491 e. The normalized spacial score (nSPS) is 14.2. The number of aliphatic hydroxyl groups excluding tert-OH is 1. The summed E-state index contributed by atoms with van der Waals surface area (Å²) in [4.78, 5) is 26.6. The number of ether oxygens (including phenoxy) is 4. The molecule has 11 heteroatoms. The van der Waals surface area contributed by atoms with Crippen molar-refractivity contribution < 1.29 is 33.6 Å². The standard InChI is InChI=1S/C29H38N2O7S.ClH/c1-18-15-23(26-24(27(33)35-4)19(2)31-20(3)25(26)28(34)36-5)29(39-18)37-14-10-9-13-30-16-21(32)17-38-22-11-7-6-8-12-22;/h6-8,11-12,15,21,26,30-32H,9-10,13-14,16-17H2,1-5H3;1H. The Balaban J connectivity index is 0.00000560. The lowest BCUT2D eigenvalue weighted by Crippen LogP contribution is -2.32. The molecule has 0 fully saturated rings. The summed E-state index contributed by atoms with van der Waals surface area (Å²) in [5, 5.41) is 17.1. The maximum atomic E-state index is 12.8. The van der Waals surface area contributed by atoms with Crippen LogP contribution in [0.15, 0.2) is 58.9 Å². The summed E-state index contributed by atoms with van der Waals surface area (Å²) in [6, 6.07) is 11.3. The van der Waals surface area contributed by atoms with E-state index in [0.29, 0.717) is 40.8 Å². The number of carbonyl (C=O) groups is 2. The van der Waals surface area contributed by atoms with Crippen LogP contribution in [0.1, 0.15) is 43.0 Å². The predicted octanol–water partition coefficient (Wildman–Crippen LogP) is 4.25. The van der Waals surface area contributed by atoms with Crippen LogP contribution >= 0.6 is 23.7 Å². The number of thiophene rings is 1. The molecule has 1 unspecified atom stereocenters. The van der Waals surface area contributed by atoms with Crippen molar-refractivity contribution in [2.75, 3.05) is 40.5 Å². The number of allylic oxidation sites excluding steroid dienone is 2. The van der Waals surface area contributed by atoms with Gasteiger partial charge in [-0.15, -0.1) is 23.7 Å². The zero-order valence-corrected chi connectivity index (χ0v) is 25.2. The summed E-state index contributed by atoms with van der Waals surface area (Å²) in [6.07, 6.45) is 1.02. The van der Waals surface area contributed by atoms with Crippen molar-refractivity contribution in [3.63, 3.8) is 0 Å². The molecule has 3 N–H and O–H groups in total. The van der Waals surface area contributed by atoms with E-state index in [-0.39, 0.29) is 19.0 Å². The maximum Gasteiger partial charge on any atom is 0.336 e. The Morgan fingerprint density at radius 2 is 1.62 bits per heavy atom. The first kappa shape index (κ1) is 33.2. The molecule has 0 bridgehead atoms. The van der Waals surface area contributed by atoms with Gasteiger partial charge < -0.3 is 34.7 Å². The van der Waals surface area contributed by atoms with Gasteiger partial charge in [0.25, 0.3) is 0 Å². The highest BCUT2D eigenvalue weighted by atomic mass is 35.5. The molecule has 0 radical (unpaired) electrons. The first-order valence-electron chi connectivity index (χ1n) is 12.9. The van der Waals surface area contributed by atoms with Crippen LogP contribution < -0.4 is 20.1 Å². The van der Waals surface area contributed by atoms with E-state index in [4.69, 9.17) is 18.9 Å². The number of halogens is 1. The number of carbonyl (C=O) groups excluding carboxylic acids is 2. The van der Waals surface area contributed by atoms with E-state index in [1.165, 1.54) is 25.6 Å². The Labute approximate surface area is 246 Å². The van der Waals surface area contributed by atoms with E-state index in [2.05, 4.69) is 10.6 Å². The van der Waals surface area contributed by atoms with E-state index in [0.717, 1.165) is 35.6 Å². The number of dihydropyridines is 1. The summed E-state index contributed by atoms with van der Waals surface area (Å²) < 4.78 is 21.9. The number of benzene rings is 1. The van der Waals surface area contributed by atoms with E-state index in [9.17, 15) is 14.7 Å². The van der Waals surface area contributed by atoms with Crippen molar-refractivity contribution in [2.45, 2.75) is 45.6 Å². The number of esters is 2. The second kappa shape index (κ2) is 16.3. The monoisotopic (exact) mass is 594 g/mol. The third-order valence-electron chi connectivity index (χ3n) is 6.28. The summed E-state index contributed by atoms with van der Waals surface area (Å²) in [7, 11) is 2.64. The first-order chi connectivity index (χ1) is 18.8. The van der Waals surface area contributed by atoms with Gasteiger partial charge in [0.2, 0.25) is 0 Å². The average molecular weight is 595 g/mol. The lowest BCUT2D eigenvalue weighted by Gasteiger charge is -2.30. The highest BCUT2D eigenvalue weighted by Crippen LogP contribution is 2.46. The summed E-state index contributed by atoms with van der Waals surface area (Å²) in [5.41, 5.74) is 2.68. The molecule has 40 heavy (non-hydrogen) atoms. The van der Waals surface area contributed by atoms with Crippen LogP contribution in [0.2, 0.25) is 0 Å². The molecule has 1 aromatic heterocycles. The lowest BCUT2D eigenvalue weighted by molar-refractivity contribution is -0.137. The minimum Gasteiger partial charge on any atom is -0.491 e. The highest BCUT2D eigenvalue weighted by molar-refractivity contribution is 7.14. The highest BCUT2D eigenvalue weighted by Gasteiger charge is 2.39. The second-order valence-electron chi connectivity index (χ2n) is 9.26. The van der Waals surface area contributed by atoms with Crippen LogP contribution in [0.25, 0.3) is 0 Å². The Kier molecular flexibility index (Phi) is 13.5. The van der Waals surface area contributed by atoms with Crippen LogP contribution in [0.4, 0.5) is 0 Å². The molecule has 1 aliphatic heterocycles. The third kappa shape index (κ3) is 8.72. The molecule has 2 heterocycles. The Morgan fingerprint density at radius 1 is 1.00 bits per heavy atom. The van der Waals surface area contributed by atoms with Crippen LogP contribution in [-0.4, -0.2) is 63.7 Å². The fourth-order valence-corrected chi connectivity index (χ4v) is 5.36. The summed E-state index contributed by atoms with van der Waals surface area (Å²) in [5.74, 6) is -0.977. The molecule has 0 aliphatic carbocycles. The SMILES string of the molecule is COC(=O)C1=C(C)NC(C)=C(C(=O)OC)C1c1cc(C)sc1OCCCCNCC(O)COc1ccccc1.Cl. The number of aryl methyl sites for hydroxylation is 1. The van der Waals surface area contributed by atoms with Crippen LogP contribution in [0.5, 0.6) is 10.8 Å². The third-order valence-corrected chi connectivity index (χ3v) is 7.26. The maximum absolute atomic E-state index is 12.8. The second-order valence-corrected chi connectivity index (χ2v) is 10.5. The quantitative estimate of drug-likeness (QED) is 0.218. The van der Waals surface area contributed by atoms with Gasteiger partial charge in [0.1, 0.15) is 18.5 Å². The minimum absolute atomic E-state index is 0. The number of methoxy groups -OCH3 is 2. The molecule has 2 aromatic rings. The number of hydrogen-bond acceptors (Lipinski definition) is 10. The summed E-state index contributed by atoms with van der Waals surface area (Å²) >= 11 is 1.47. The molecule has 9 nitrogen and oxygen atoms in total. The van der Waals surface area contributed by atoms with Gasteiger partial charge in [-0.3, -0.25) is 0 Å². The summed E-state index contributed by atoms with van der Waals surface area (Å²) in [6.45, 7) is 7.37. The first-order valence-corrected chi connectivity index (χ1v) is 13.7. The molecular formula is C29H39ClN2O7S. The Hall–Kier alpha value is -3.05. The van der Waals surface area contributed by atoms with Crippen molar-refractivity contribution in [2.24, 2.45) is 0 Å². The molecule has 0 saturated carbocycles. The van der Waals surface area contributed by atoms with Gasteiger partial charge in [0.05, 0.1) is 37.9 Å². The molecule has 3 rings (SSSR count). The number of aliphatic hydroxyl groups is 1. The Morgan fingerprint density at radius 3 is 2.23 bits per heavy atom. The molecular weight excluding hydrogens is 556 g/mol. The van der Waals surface area contributed by atoms with Crippen LogP contribution in [0, 0.1) is 6.92 Å². The van der Waals surface area contributed by atoms with Crippen LogP contribution in [0.3, 0.4) is 0 Å². The van der Waals surface area contributed by atoms with Gasteiger partial charge in [0.15, 0.2) is 5.06 Å². The number of hydrogen-bond donors (Lipinski definition) is 3. The number of nitrogens with one attached hydrogen (secondary N) is 2. The Bertz CT molecular complexity index is 1160. The van der Waals surface area contributed by atoms with Gasteiger partial charge in [-0.25, -0.2) is 9.59 Å². The van der Waals surface area contributed by atoms with Crippen molar-refractivity contribution in [1.29, 1.82) is 0 Å². The van der Waals surface area contributed by atoms with Crippen molar-refractivity contribution >= 4 is 35.7 Å². The fraction of sp³-hybridized carbons (Fsp3) is 0.448. The van der Waals surface area contributed by atoms with E-state index in [1.54, 1.807) is 13.8 Å². The molecule has 1 atom stereocenters. The number of para-hydroxylation sites is 1. The van der Waals surface area contributed by atoms with Crippen molar-refractivity contribution in [3.8, 4) is 10.8 Å². The van der Waals surface area contributed by atoms with Gasteiger partial charge in [-0.1, -0.05) is 18.2 Å². The molecule has 0 spiro atoms. The van der Waals surface area contributed by atoms with Gasteiger partial charge >= 0.3 is 11.9 Å².